The molecular weight excluding hydrogens is 528 g/mol. The third kappa shape index (κ3) is 5.97. The molecule has 0 bridgehead atoms. The molecule has 0 amide bonds. The lowest BCUT2D eigenvalue weighted by atomic mass is 10.1. The number of aryl methyl sites for hydroxylation is 1. The molecule has 4 heterocycles. The van der Waals surface area contributed by atoms with Crippen LogP contribution < -0.4 is 5.32 Å². The van der Waals surface area contributed by atoms with Gasteiger partial charge in [0.1, 0.15) is 17.3 Å². The summed E-state index contributed by atoms with van der Waals surface area (Å²) in [6, 6.07) is 10.5. The van der Waals surface area contributed by atoms with E-state index in [-0.39, 0.29) is 18.7 Å². The number of rotatable bonds is 9. The first-order chi connectivity index (χ1) is 20.0. The minimum absolute atomic E-state index is 0.0546. The minimum Gasteiger partial charge on any atom is -0.396 e. The maximum absolute atomic E-state index is 15.1. The van der Waals surface area contributed by atoms with Gasteiger partial charge in [0.15, 0.2) is 0 Å². The fourth-order valence-electron chi connectivity index (χ4n) is 5.02. The standard InChI is InChI=1S/C30H31F2N7O2/c1-20-2-3-24(12-23(20)18-38-17-21(5-9-40)15-34-38)35-30-33-16-22-4-6-39(29(22)36-30)25-13-27(31)26(28(32)14-25)19-37-7-10-41-11-8-37/h2-4,6,12-17,40H,5,7-11,18-19H2,1H3,(H,33,35,36). The average Bonchev–Trinajstić information content (AvgIpc) is 3.60. The first-order valence-corrected chi connectivity index (χ1v) is 13.6. The lowest BCUT2D eigenvalue weighted by Gasteiger charge is -2.27. The van der Waals surface area contributed by atoms with Gasteiger partial charge in [-0.1, -0.05) is 6.07 Å². The topological polar surface area (TPSA) is 93.3 Å². The van der Waals surface area contributed by atoms with Gasteiger partial charge in [0, 0.05) is 61.5 Å². The van der Waals surface area contributed by atoms with Crippen LogP contribution in [0.3, 0.4) is 0 Å². The molecule has 212 valence electrons. The van der Waals surface area contributed by atoms with E-state index in [2.05, 4.69) is 20.4 Å². The molecule has 1 saturated heterocycles. The third-order valence-electron chi connectivity index (χ3n) is 7.34. The molecule has 1 aliphatic rings. The maximum atomic E-state index is 15.1. The number of fused-ring (bicyclic) bond motifs is 1. The summed E-state index contributed by atoms with van der Waals surface area (Å²) in [6.07, 6.45) is 7.68. The molecule has 0 spiro atoms. The number of benzene rings is 2. The number of ether oxygens (including phenoxy) is 1. The summed E-state index contributed by atoms with van der Waals surface area (Å²) in [5.74, 6) is -0.816. The summed E-state index contributed by atoms with van der Waals surface area (Å²) >= 11 is 0. The SMILES string of the molecule is Cc1ccc(Nc2ncc3ccn(-c4cc(F)c(CN5CCOCC5)c(F)c4)c3n2)cc1Cn1cc(CCO)cn1. The van der Waals surface area contributed by atoms with Crippen molar-refractivity contribution in [3.63, 3.8) is 0 Å². The summed E-state index contributed by atoms with van der Waals surface area (Å²) in [5.41, 5.74) is 4.90. The zero-order chi connectivity index (χ0) is 28.3. The predicted molar refractivity (Wildman–Crippen MR) is 151 cm³/mol. The van der Waals surface area contributed by atoms with Crippen molar-refractivity contribution in [2.75, 3.05) is 38.2 Å². The first kappa shape index (κ1) is 27.0. The first-order valence-electron chi connectivity index (χ1n) is 13.6. The van der Waals surface area contributed by atoms with E-state index in [0.717, 1.165) is 27.8 Å². The molecule has 0 saturated carbocycles. The van der Waals surface area contributed by atoms with Gasteiger partial charge >= 0.3 is 0 Å². The van der Waals surface area contributed by atoms with E-state index < -0.39 is 11.6 Å². The quantitative estimate of drug-likeness (QED) is 0.277. The van der Waals surface area contributed by atoms with Crippen molar-refractivity contribution < 1.29 is 18.6 Å². The Morgan fingerprint density at radius 1 is 1.02 bits per heavy atom. The van der Waals surface area contributed by atoms with Crippen LogP contribution in [0.25, 0.3) is 16.7 Å². The molecule has 2 aromatic carbocycles. The molecule has 9 nitrogen and oxygen atoms in total. The van der Waals surface area contributed by atoms with Crippen LogP contribution >= 0.6 is 0 Å². The number of nitrogens with zero attached hydrogens (tertiary/aromatic N) is 6. The number of aliphatic hydroxyl groups excluding tert-OH is 1. The molecule has 0 unspecified atom stereocenters. The lowest BCUT2D eigenvalue weighted by Crippen LogP contribution is -2.36. The Labute approximate surface area is 236 Å². The molecule has 2 N–H and O–H groups in total. The second-order valence-corrected chi connectivity index (χ2v) is 10.2. The fourth-order valence-corrected chi connectivity index (χ4v) is 5.02. The summed E-state index contributed by atoms with van der Waals surface area (Å²) in [7, 11) is 0. The molecule has 0 aliphatic carbocycles. The fraction of sp³-hybridized carbons (Fsp3) is 0.300. The Morgan fingerprint density at radius 2 is 1.83 bits per heavy atom. The lowest BCUT2D eigenvalue weighted by molar-refractivity contribution is 0.0332. The molecule has 1 fully saturated rings. The van der Waals surface area contributed by atoms with E-state index in [9.17, 15) is 0 Å². The number of hydrogen-bond acceptors (Lipinski definition) is 7. The number of nitrogens with one attached hydrogen (secondary N) is 1. The van der Waals surface area contributed by atoms with E-state index in [0.29, 0.717) is 56.6 Å². The van der Waals surface area contributed by atoms with Gasteiger partial charge < -0.3 is 19.7 Å². The van der Waals surface area contributed by atoms with E-state index in [4.69, 9.17) is 9.84 Å². The molecule has 1 aliphatic heterocycles. The molecule has 0 atom stereocenters. The van der Waals surface area contributed by atoms with Gasteiger partial charge in [-0.3, -0.25) is 9.58 Å². The van der Waals surface area contributed by atoms with Crippen LogP contribution in [0.4, 0.5) is 20.4 Å². The second kappa shape index (κ2) is 11.7. The van der Waals surface area contributed by atoms with E-state index in [1.54, 1.807) is 23.2 Å². The molecule has 11 heteroatoms. The van der Waals surface area contributed by atoms with Gasteiger partial charge in [0.2, 0.25) is 5.95 Å². The zero-order valence-corrected chi connectivity index (χ0v) is 22.7. The van der Waals surface area contributed by atoms with Crippen molar-refractivity contribution in [3.05, 3.63) is 95.1 Å². The van der Waals surface area contributed by atoms with Crippen molar-refractivity contribution in [3.8, 4) is 5.69 Å². The Hall–Kier alpha value is -4.19. The van der Waals surface area contributed by atoms with Crippen molar-refractivity contribution >= 4 is 22.7 Å². The van der Waals surface area contributed by atoms with Crippen LogP contribution in [0.15, 0.2) is 61.2 Å². The number of anilines is 2. The van der Waals surface area contributed by atoms with Crippen LogP contribution in [-0.4, -0.2) is 67.2 Å². The number of aliphatic hydroxyl groups is 1. The van der Waals surface area contributed by atoms with Gasteiger partial charge in [-0.15, -0.1) is 0 Å². The van der Waals surface area contributed by atoms with Gasteiger partial charge in [0.25, 0.3) is 0 Å². The van der Waals surface area contributed by atoms with E-state index in [1.807, 2.05) is 47.0 Å². The Morgan fingerprint density at radius 3 is 2.61 bits per heavy atom. The smallest absolute Gasteiger partial charge is 0.229 e. The van der Waals surface area contributed by atoms with Gasteiger partial charge in [-0.25, -0.2) is 13.8 Å². The number of morpholine rings is 1. The minimum atomic E-state index is -0.589. The van der Waals surface area contributed by atoms with Crippen molar-refractivity contribution in [1.29, 1.82) is 0 Å². The molecule has 6 rings (SSSR count). The van der Waals surface area contributed by atoms with Crippen molar-refractivity contribution in [2.24, 2.45) is 0 Å². The number of aromatic nitrogens is 5. The Balaban J connectivity index is 1.23. The van der Waals surface area contributed by atoms with Crippen LogP contribution in [0, 0.1) is 18.6 Å². The highest BCUT2D eigenvalue weighted by atomic mass is 19.1. The van der Waals surface area contributed by atoms with Crippen molar-refractivity contribution in [1.82, 2.24) is 29.2 Å². The molecule has 3 aromatic heterocycles. The normalized spacial score (nSPS) is 14.1. The van der Waals surface area contributed by atoms with Crippen LogP contribution in [0.2, 0.25) is 0 Å². The van der Waals surface area contributed by atoms with Crippen LogP contribution in [-0.2, 0) is 24.2 Å². The van der Waals surface area contributed by atoms with Gasteiger partial charge in [-0.05, 0) is 60.4 Å². The van der Waals surface area contributed by atoms with E-state index in [1.165, 1.54) is 12.1 Å². The monoisotopic (exact) mass is 559 g/mol. The van der Waals surface area contributed by atoms with Crippen molar-refractivity contribution in [2.45, 2.75) is 26.4 Å². The third-order valence-corrected chi connectivity index (χ3v) is 7.34. The summed E-state index contributed by atoms with van der Waals surface area (Å²) in [4.78, 5) is 11.1. The van der Waals surface area contributed by atoms with Gasteiger partial charge in [-0.2, -0.15) is 10.1 Å². The zero-order valence-electron chi connectivity index (χ0n) is 22.7. The summed E-state index contributed by atoms with van der Waals surface area (Å²) < 4.78 is 39.1. The summed E-state index contributed by atoms with van der Waals surface area (Å²) in [6.45, 7) is 5.32. The molecule has 0 radical (unpaired) electrons. The largest absolute Gasteiger partial charge is 0.396 e. The Bertz CT molecular complexity index is 1650. The van der Waals surface area contributed by atoms with Crippen LogP contribution in [0.1, 0.15) is 22.3 Å². The molecular formula is C30H31F2N7O2. The highest BCUT2D eigenvalue weighted by molar-refractivity contribution is 5.79. The molecule has 41 heavy (non-hydrogen) atoms. The summed E-state index contributed by atoms with van der Waals surface area (Å²) in [5, 5.41) is 17.6. The number of halogens is 2. The highest BCUT2D eigenvalue weighted by Gasteiger charge is 2.19. The number of hydrogen-bond donors (Lipinski definition) is 2. The van der Waals surface area contributed by atoms with Gasteiger partial charge in [0.05, 0.1) is 31.6 Å². The maximum Gasteiger partial charge on any atom is 0.229 e. The second-order valence-electron chi connectivity index (χ2n) is 10.2. The Kier molecular flexibility index (Phi) is 7.73. The highest BCUT2D eigenvalue weighted by Crippen LogP contribution is 2.26. The molecule has 5 aromatic rings. The van der Waals surface area contributed by atoms with E-state index >= 15 is 8.78 Å². The average molecular weight is 560 g/mol. The predicted octanol–water partition coefficient (Wildman–Crippen LogP) is 4.36. The van der Waals surface area contributed by atoms with Crippen LogP contribution in [0.5, 0.6) is 0 Å².